The molecule has 0 fully saturated rings. The third kappa shape index (κ3) is 43.6. The molecule has 64 heavy (non-hydrogen) atoms. The number of phosphoric ester groups is 1. The molecule has 0 bridgehead atoms. The van der Waals surface area contributed by atoms with Crippen LogP contribution >= 0.6 is 19.6 Å². The zero-order valence-electron chi connectivity index (χ0n) is 39.8. The van der Waals surface area contributed by atoms with Crippen LogP contribution in [0.3, 0.4) is 0 Å². The minimum Gasteiger partial charge on any atom is -0.481 e. The number of carboxylic acid groups (broad SMARTS) is 1. The van der Waals surface area contributed by atoms with E-state index in [-0.39, 0.29) is 31.4 Å². The predicted molar refractivity (Wildman–Crippen MR) is 263 cm³/mol. The van der Waals surface area contributed by atoms with Gasteiger partial charge in [0.05, 0.1) is 12.7 Å². The Bertz CT molecular complexity index is 1300. The number of unbranched alkanes of at least 4 members (excludes halogenated alkanes) is 23. The number of carbonyl (C=O) groups excluding carboxylic acids is 2. The molecule has 0 aromatic carbocycles. The normalized spacial score (nSPS) is 14.2. The molecule has 0 rings (SSSR count). The minimum absolute atomic E-state index is 0.0426. The molecule has 372 valence electrons. The van der Waals surface area contributed by atoms with Crippen molar-refractivity contribution in [1.82, 2.24) is 0 Å². The molecule has 0 saturated carbocycles. The van der Waals surface area contributed by atoms with E-state index in [2.05, 4.69) is 30.5 Å². The molecule has 0 unspecified atom stereocenters. The van der Waals surface area contributed by atoms with E-state index < -0.39 is 62.4 Å². The lowest BCUT2D eigenvalue weighted by Crippen LogP contribution is -2.38. The van der Waals surface area contributed by atoms with Crippen molar-refractivity contribution >= 4 is 37.5 Å². The molecular formula is C50H90NO11PS. The number of thioether (sulfide) groups is 1. The van der Waals surface area contributed by atoms with Gasteiger partial charge in [0.25, 0.3) is 0 Å². The first-order valence-corrected chi connectivity index (χ1v) is 27.5. The third-order valence-electron chi connectivity index (χ3n) is 10.8. The van der Waals surface area contributed by atoms with Crippen molar-refractivity contribution < 1.29 is 52.9 Å². The fourth-order valence-electron chi connectivity index (χ4n) is 6.99. The summed E-state index contributed by atoms with van der Waals surface area (Å²) in [4.78, 5) is 54.9. The highest BCUT2D eigenvalue weighted by molar-refractivity contribution is 8.00. The van der Waals surface area contributed by atoms with Crippen molar-refractivity contribution in [2.24, 2.45) is 5.73 Å². The van der Waals surface area contributed by atoms with Crippen LogP contribution in [-0.4, -0.2) is 80.4 Å². The monoisotopic (exact) mass is 944 g/mol. The minimum atomic E-state index is -4.89. The number of allylic oxidation sites excluding steroid dienone is 7. The molecular weight excluding hydrogens is 854 g/mol. The Balaban J connectivity index is 4.59. The average molecular weight is 944 g/mol. The molecule has 6 N–H and O–H groups in total. The number of carbonyl (C=O) groups is 3. The van der Waals surface area contributed by atoms with Crippen molar-refractivity contribution in [3.05, 3.63) is 48.6 Å². The van der Waals surface area contributed by atoms with Gasteiger partial charge in [-0.05, 0) is 38.5 Å². The standard InChI is InChI=1S/C50H90NO11PS/c1-3-5-7-9-11-13-15-17-18-19-20-21-22-23-24-25-27-29-31-33-35-40-49(55)62-44(42-61-63(57,58)59)41-60-50(56)45(51)43-64-47(46(52)37-36-39-48(53)54)38-34-32-30-28-26-16-14-12-10-8-6-4-2/h12,14,26,28,30,32,34,38,44-47,52H,3-11,13,15-25,27,29,31,33,35-37,39-43,51H2,1-2H3,(H,53,54)(H2,57,58,59)/b14-12-,28-26-,32-30+,38-34+/t44-,45+,46+,47-/m1/s1. The summed E-state index contributed by atoms with van der Waals surface area (Å²) in [5.74, 6) is -2.33. The maximum atomic E-state index is 12.8. The first kappa shape index (κ1) is 61.8. The Morgan fingerprint density at radius 1 is 0.641 bits per heavy atom. The zero-order valence-corrected chi connectivity index (χ0v) is 41.6. The van der Waals surface area contributed by atoms with Crippen LogP contribution in [0, 0.1) is 0 Å². The van der Waals surface area contributed by atoms with Crippen LogP contribution in [0.15, 0.2) is 48.6 Å². The van der Waals surface area contributed by atoms with Gasteiger partial charge in [0.15, 0.2) is 6.10 Å². The molecule has 0 aliphatic heterocycles. The van der Waals surface area contributed by atoms with E-state index in [9.17, 15) is 33.8 Å². The van der Waals surface area contributed by atoms with Gasteiger partial charge in [-0.25, -0.2) is 4.57 Å². The van der Waals surface area contributed by atoms with Crippen molar-refractivity contribution in [1.29, 1.82) is 0 Å². The number of phosphoric acid groups is 1. The SMILES string of the molecule is CCCCC/C=C\C\C=C/C=C/C=C/[C@@H](SC[C@H](N)C(=O)OC[C@H](COP(=O)(O)O)OC(=O)CCCCCCCCCCCCCCCCCCCCCCC)[C@@H](O)CCCC(=O)O. The average Bonchev–Trinajstić information content (AvgIpc) is 3.25. The highest BCUT2D eigenvalue weighted by Gasteiger charge is 2.26. The number of carboxylic acids is 1. The number of aliphatic hydroxyl groups is 1. The first-order chi connectivity index (χ1) is 30.9. The number of aliphatic hydroxyl groups excluding tert-OH is 1. The van der Waals surface area contributed by atoms with Crippen LogP contribution in [0.5, 0.6) is 0 Å². The molecule has 0 aliphatic carbocycles. The maximum Gasteiger partial charge on any atom is 0.469 e. The quantitative estimate of drug-likeness (QED) is 0.0127. The van der Waals surface area contributed by atoms with Crippen molar-refractivity contribution in [2.45, 2.75) is 230 Å². The number of nitrogens with two attached hydrogens (primary N) is 1. The molecule has 0 spiro atoms. The molecule has 0 aromatic heterocycles. The van der Waals surface area contributed by atoms with Crippen molar-refractivity contribution in [2.75, 3.05) is 19.0 Å². The number of hydrogen-bond acceptors (Lipinski definition) is 10. The number of hydrogen-bond donors (Lipinski definition) is 5. The smallest absolute Gasteiger partial charge is 0.469 e. The van der Waals surface area contributed by atoms with Gasteiger partial charge in [-0.1, -0.05) is 204 Å². The zero-order chi connectivity index (χ0) is 47.4. The third-order valence-corrected chi connectivity index (χ3v) is 12.7. The van der Waals surface area contributed by atoms with Crippen molar-refractivity contribution in [3.63, 3.8) is 0 Å². The fraction of sp³-hybridized carbons (Fsp3) is 0.780. The van der Waals surface area contributed by atoms with Crippen molar-refractivity contribution in [3.8, 4) is 0 Å². The summed E-state index contributed by atoms with van der Waals surface area (Å²) in [6.07, 6.45) is 45.8. The second kappa shape index (κ2) is 44.6. The van der Waals surface area contributed by atoms with Gasteiger partial charge >= 0.3 is 25.7 Å². The van der Waals surface area contributed by atoms with E-state index >= 15 is 0 Å². The molecule has 0 aromatic rings. The van der Waals surface area contributed by atoms with Crippen LogP contribution in [-0.2, 0) is 32.9 Å². The Morgan fingerprint density at radius 3 is 1.69 bits per heavy atom. The largest absolute Gasteiger partial charge is 0.481 e. The Kier molecular flexibility index (Phi) is 43.0. The van der Waals surface area contributed by atoms with Gasteiger partial charge in [-0.2, -0.15) is 0 Å². The number of rotatable bonds is 46. The van der Waals surface area contributed by atoms with Gasteiger partial charge in [0.1, 0.15) is 12.6 Å². The van der Waals surface area contributed by atoms with E-state index in [4.69, 9.17) is 20.3 Å². The lowest BCUT2D eigenvalue weighted by molar-refractivity contribution is -0.161. The molecule has 0 radical (unpaired) electrons. The van der Waals surface area contributed by atoms with Crippen LogP contribution in [0.1, 0.15) is 206 Å². The number of esters is 2. The molecule has 0 heterocycles. The van der Waals surface area contributed by atoms with E-state index in [0.29, 0.717) is 6.42 Å². The van der Waals surface area contributed by atoms with Gasteiger partial charge in [-0.15, -0.1) is 11.8 Å². The van der Waals surface area contributed by atoms with E-state index in [1.54, 1.807) is 12.2 Å². The van der Waals surface area contributed by atoms with Crippen LogP contribution in [0.4, 0.5) is 0 Å². The second-order valence-electron chi connectivity index (χ2n) is 17.0. The maximum absolute atomic E-state index is 12.8. The Labute approximate surface area is 392 Å². The summed E-state index contributed by atoms with van der Waals surface area (Å²) in [5, 5.41) is 19.4. The number of ether oxygens (including phenoxy) is 2. The Hall–Kier alpha value is -2.25. The van der Waals surface area contributed by atoms with Gasteiger partial charge in [-0.3, -0.25) is 18.9 Å². The van der Waals surface area contributed by atoms with Gasteiger partial charge < -0.3 is 35.2 Å². The molecule has 0 amide bonds. The van der Waals surface area contributed by atoms with Gasteiger partial charge in [0, 0.05) is 23.8 Å². The summed E-state index contributed by atoms with van der Waals surface area (Å²) >= 11 is 1.21. The summed E-state index contributed by atoms with van der Waals surface area (Å²) in [6.45, 7) is 3.25. The summed E-state index contributed by atoms with van der Waals surface area (Å²) in [6, 6.07) is -1.14. The van der Waals surface area contributed by atoms with E-state index in [1.165, 1.54) is 140 Å². The van der Waals surface area contributed by atoms with E-state index in [1.807, 2.05) is 24.3 Å². The van der Waals surface area contributed by atoms with Crippen LogP contribution < -0.4 is 5.73 Å². The molecule has 0 saturated heterocycles. The summed E-state index contributed by atoms with van der Waals surface area (Å²) in [7, 11) is -4.89. The lowest BCUT2D eigenvalue weighted by Gasteiger charge is -2.22. The Morgan fingerprint density at radius 2 is 1.16 bits per heavy atom. The second-order valence-corrected chi connectivity index (χ2v) is 19.5. The topological polar surface area (TPSA) is 203 Å². The summed E-state index contributed by atoms with van der Waals surface area (Å²) in [5.41, 5.74) is 6.12. The van der Waals surface area contributed by atoms with Crippen LogP contribution in [0.25, 0.3) is 0 Å². The molecule has 0 aliphatic rings. The highest BCUT2D eigenvalue weighted by atomic mass is 32.2. The summed E-state index contributed by atoms with van der Waals surface area (Å²) < 4.78 is 26.6. The molecule has 14 heteroatoms. The fourth-order valence-corrected chi connectivity index (χ4v) is 8.48. The van der Waals surface area contributed by atoms with Gasteiger partial charge in [0.2, 0.25) is 0 Å². The van der Waals surface area contributed by atoms with E-state index in [0.717, 1.165) is 32.1 Å². The highest BCUT2D eigenvalue weighted by Crippen LogP contribution is 2.36. The van der Waals surface area contributed by atoms with Crippen LogP contribution in [0.2, 0.25) is 0 Å². The predicted octanol–water partition coefficient (Wildman–Crippen LogP) is 12.4. The number of aliphatic carboxylic acids is 1. The molecule has 4 atom stereocenters. The molecule has 12 nitrogen and oxygen atoms in total. The lowest BCUT2D eigenvalue weighted by atomic mass is 10.0. The first-order valence-electron chi connectivity index (χ1n) is 24.9.